The molecular formula is C23H32N4O3S. The van der Waals surface area contributed by atoms with Crippen molar-refractivity contribution < 1.29 is 14.3 Å². The summed E-state index contributed by atoms with van der Waals surface area (Å²) in [5, 5.41) is 11.8. The third kappa shape index (κ3) is 5.31. The minimum Gasteiger partial charge on any atom is -0.382 e. The molecule has 4 rings (SSSR count). The Hall–Kier alpha value is -1.87. The first-order valence-corrected chi connectivity index (χ1v) is 12.2. The van der Waals surface area contributed by atoms with Gasteiger partial charge in [0.15, 0.2) is 0 Å². The van der Waals surface area contributed by atoms with E-state index < -0.39 is 0 Å². The topological polar surface area (TPSA) is 82.7 Å². The van der Waals surface area contributed by atoms with Crippen molar-refractivity contribution in [2.24, 2.45) is 5.92 Å². The highest BCUT2D eigenvalue weighted by Gasteiger charge is 2.44. The molecule has 2 saturated heterocycles. The summed E-state index contributed by atoms with van der Waals surface area (Å²) < 4.78 is 5.33. The predicted molar refractivity (Wildman–Crippen MR) is 123 cm³/mol. The van der Waals surface area contributed by atoms with Gasteiger partial charge in [0.05, 0.1) is 12.0 Å². The predicted octanol–water partition coefficient (Wildman–Crippen LogP) is 1.77. The van der Waals surface area contributed by atoms with Crippen molar-refractivity contribution in [3.8, 4) is 0 Å². The van der Waals surface area contributed by atoms with Gasteiger partial charge in [-0.25, -0.2) is 0 Å². The summed E-state index contributed by atoms with van der Waals surface area (Å²) in [4.78, 5) is 27.7. The summed E-state index contributed by atoms with van der Waals surface area (Å²) in [7, 11) is 0. The monoisotopic (exact) mass is 444 g/mol. The normalized spacial score (nSPS) is 28.5. The van der Waals surface area contributed by atoms with E-state index in [0.29, 0.717) is 26.3 Å². The summed E-state index contributed by atoms with van der Waals surface area (Å²) in [5.74, 6) is 0.102. The van der Waals surface area contributed by atoms with E-state index in [9.17, 15) is 9.59 Å². The zero-order valence-corrected chi connectivity index (χ0v) is 18.8. The molecule has 3 aliphatic rings. The Bertz CT molecular complexity index is 803. The van der Waals surface area contributed by atoms with Gasteiger partial charge in [0.2, 0.25) is 11.8 Å². The van der Waals surface area contributed by atoms with Crippen LogP contribution in [0, 0.1) is 5.92 Å². The first-order chi connectivity index (χ1) is 15.2. The smallest absolute Gasteiger partial charge is 0.237 e. The highest BCUT2D eigenvalue weighted by atomic mass is 32.2. The standard InChI is InChI=1S/C23H32N4O3S/c1-2-30-13-7-11-24-21(28)17-10-6-12-27(14-17)23-25-19-18(16-8-4-3-5-9-16)15-31-20(19)22(29)26-23/h3-5,8-9,15,17,19-20,23,25H,2,6-7,10-14H2,1H3,(H,24,28)(H,26,29). The zero-order chi connectivity index (χ0) is 21.6. The van der Waals surface area contributed by atoms with Crippen molar-refractivity contribution in [2.45, 2.75) is 43.8 Å². The molecule has 2 amide bonds. The Morgan fingerprint density at radius 1 is 1.32 bits per heavy atom. The number of fused-ring (bicyclic) bond motifs is 1. The molecule has 0 spiro atoms. The number of hydrogen-bond acceptors (Lipinski definition) is 6. The number of likely N-dealkylation sites (tertiary alicyclic amines) is 1. The minimum absolute atomic E-state index is 0.0288. The molecule has 1 aromatic rings. The first kappa shape index (κ1) is 22.3. The average Bonchev–Trinajstić information content (AvgIpc) is 3.24. The van der Waals surface area contributed by atoms with Crippen LogP contribution in [0.15, 0.2) is 35.7 Å². The lowest BCUT2D eigenvalue weighted by molar-refractivity contribution is -0.129. The van der Waals surface area contributed by atoms with E-state index in [1.165, 1.54) is 0 Å². The molecule has 3 heterocycles. The molecule has 3 N–H and O–H groups in total. The van der Waals surface area contributed by atoms with Crippen molar-refractivity contribution in [2.75, 3.05) is 32.8 Å². The Balaban J connectivity index is 1.35. The largest absolute Gasteiger partial charge is 0.382 e. The molecule has 0 aliphatic carbocycles. The SMILES string of the molecule is CCOCCCNC(=O)C1CCCN(C2NC(=O)C3SC=C(c4ccccc4)C3N2)C1. The molecule has 31 heavy (non-hydrogen) atoms. The highest BCUT2D eigenvalue weighted by molar-refractivity contribution is 8.04. The number of benzene rings is 1. The summed E-state index contributed by atoms with van der Waals surface area (Å²) >= 11 is 1.58. The molecule has 1 aromatic carbocycles. The number of carbonyl (C=O) groups excluding carboxylic acids is 2. The second kappa shape index (κ2) is 10.6. The fraction of sp³-hybridized carbons (Fsp3) is 0.565. The molecule has 0 aromatic heterocycles. The van der Waals surface area contributed by atoms with Crippen LogP contribution in [0.1, 0.15) is 31.7 Å². The third-order valence-electron chi connectivity index (χ3n) is 6.12. The number of nitrogens with zero attached hydrogens (tertiary/aromatic N) is 1. The Morgan fingerprint density at radius 2 is 2.16 bits per heavy atom. The number of carbonyl (C=O) groups is 2. The van der Waals surface area contributed by atoms with Crippen LogP contribution in [-0.2, 0) is 14.3 Å². The average molecular weight is 445 g/mol. The molecule has 168 valence electrons. The molecule has 0 saturated carbocycles. The van der Waals surface area contributed by atoms with Gasteiger partial charge in [-0.15, -0.1) is 11.8 Å². The van der Waals surface area contributed by atoms with Gasteiger partial charge in [-0.05, 0) is 42.7 Å². The molecule has 2 fully saturated rings. The van der Waals surface area contributed by atoms with Crippen molar-refractivity contribution in [1.29, 1.82) is 0 Å². The molecule has 4 unspecified atom stereocenters. The van der Waals surface area contributed by atoms with E-state index in [2.05, 4.69) is 38.4 Å². The number of nitrogens with one attached hydrogen (secondary N) is 3. The van der Waals surface area contributed by atoms with Crippen LogP contribution in [-0.4, -0.2) is 67.1 Å². The van der Waals surface area contributed by atoms with Gasteiger partial charge >= 0.3 is 0 Å². The van der Waals surface area contributed by atoms with Gasteiger partial charge in [-0.2, -0.15) is 0 Å². The van der Waals surface area contributed by atoms with Crippen LogP contribution in [0.25, 0.3) is 5.57 Å². The first-order valence-electron chi connectivity index (χ1n) is 11.2. The molecule has 3 aliphatic heterocycles. The molecule has 0 bridgehead atoms. The molecular weight excluding hydrogens is 412 g/mol. The highest BCUT2D eigenvalue weighted by Crippen LogP contribution is 2.38. The Morgan fingerprint density at radius 3 is 2.97 bits per heavy atom. The number of hydrogen-bond donors (Lipinski definition) is 3. The van der Waals surface area contributed by atoms with E-state index in [-0.39, 0.29) is 35.3 Å². The number of ether oxygens (including phenoxy) is 1. The van der Waals surface area contributed by atoms with Gasteiger partial charge < -0.3 is 15.4 Å². The van der Waals surface area contributed by atoms with Crippen LogP contribution < -0.4 is 16.0 Å². The van der Waals surface area contributed by atoms with E-state index >= 15 is 0 Å². The second-order valence-corrected chi connectivity index (χ2v) is 9.24. The maximum Gasteiger partial charge on any atom is 0.237 e. The van der Waals surface area contributed by atoms with E-state index in [1.807, 2.05) is 25.1 Å². The quantitative estimate of drug-likeness (QED) is 0.530. The van der Waals surface area contributed by atoms with Gasteiger partial charge in [0.25, 0.3) is 0 Å². The molecule has 7 nitrogen and oxygen atoms in total. The van der Waals surface area contributed by atoms with Crippen molar-refractivity contribution in [3.05, 3.63) is 41.3 Å². The van der Waals surface area contributed by atoms with Gasteiger partial charge in [0.1, 0.15) is 11.5 Å². The van der Waals surface area contributed by atoms with Crippen LogP contribution >= 0.6 is 11.8 Å². The number of piperidine rings is 1. The lowest BCUT2D eigenvalue weighted by atomic mass is 9.94. The van der Waals surface area contributed by atoms with E-state index in [4.69, 9.17) is 4.74 Å². The molecule has 0 radical (unpaired) electrons. The zero-order valence-electron chi connectivity index (χ0n) is 18.0. The third-order valence-corrected chi connectivity index (χ3v) is 7.29. The summed E-state index contributed by atoms with van der Waals surface area (Å²) in [6.07, 6.45) is 2.39. The maximum atomic E-state index is 12.8. The van der Waals surface area contributed by atoms with Gasteiger partial charge in [0, 0.05) is 32.8 Å². The number of rotatable bonds is 8. The van der Waals surface area contributed by atoms with Crippen LogP contribution in [0.4, 0.5) is 0 Å². The lowest BCUT2D eigenvalue weighted by Gasteiger charge is -2.43. The number of thioether (sulfide) groups is 1. The fourth-order valence-corrected chi connectivity index (χ4v) is 5.63. The van der Waals surface area contributed by atoms with Crippen LogP contribution in [0.3, 0.4) is 0 Å². The number of amides is 2. The summed E-state index contributed by atoms with van der Waals surface area (Å²) in [5.41, 5.74) is 2.31. The molecule has 4 atom stereocenters. The van der Waals surface area contributed by atoms with Crippen LogP contribution in [0.5, 0.6) is 0 Å². The maximum absolute atomic E-state index is 12.8. The Labute approximate surface area is 188 Å². The minimum atomic E-state index is -0.256. The second-order valence-electron chi connectivity index (χ2n) is 8.23. The Kier molecular flexibility index (Phi) is 7.66. The van der Waals surface area contributed by atoms with Gasteiger partial charge in [-0.3, -0.25) is 19.8 Å². The summed E-state index contributed by atoms with van der Waals surface area (Å²) in [6.45, 7) is 5.49. The fourth-order valence-electron chi connectivity index (χ4n) is 4.48. The van der Waals surface area contributed by atoms with Crippen molar-refractivity contribution in [1.82, 2.24) is 20.9 Å². The lowest BCUT2D eigenvalue weighted by Crippen LogP contribution is -2.69. The van der Waals surface area contributed by atoms with E-state index in [0.717, 1.165) is 36.9 Å². The molecule has 8 heteroatoms. The van der Waals surface area contributed by atoms with Crippen molar-refractivity contribution >= 4 is 29.1 Å². The van der Waals surface area contributed by atoms with Crippen molar-refractivity contribution in [3.63, 3.8) is 0 Å². The van der Waals surface area contributed by atoms with E-state index in [1.54, 1.807) is 11.8 Å². The van der Waals surface area contributed by atoms with Gasteiger partial charge in [-0.1, -0.05) is 30.3 Å². The summed E-state index contributed by atoms with van der Waals surface area (Å²) in [6, 6.07) is 10.2. The van der Waals surface area contributed by atoms with Crippen LogP contribution in [0.2, 0.25) is 0 Å².